The third kappa shape index (κ3) is 4.99. The van der Waals surface area contributed by atoms with Crippen molar-refractivity contribution in [3.63, 3.8) is 0 Å². The van der Waals surface area contributed by atoms with Crippen molar-refractivity contribution in [2.45, 2.75) is 90.2 Å². The Hall–Kier alpha value is -0.160. The van der Waals surface area contributed by atoms with Crippen molar-refractivity contribution in [1.29, 1.82) is 0 Å². The van der Waals surface area contributed by atoms with Crippen LogP contribution in [0.4, 0.5) is 0 Å². The first-order valence-electron chi connectivity index (χ1n) is 7.61. The van der Waals surface area contributed by atoms with Crippen molar-refractivity contribution < 1.29 is 14.9 Å². The highest BCUT2D eigenvalue weighted by Crippen LogP contribution is 2.38. The fraction of sp³-hybridized carbons (Fsp3) is 1.00. The van der Waals surface area contributed by atoms with Gasteiger partial charge >= 0.3 is 0 Å². The molecule has 0 amide bonds. The zero-order chi connectivity index (χ0) is 15.8. The van der Waals surface area contributed by atoms with E-state index in [1.165, 1.54) is 0 Å². The minimum atomic E-state index is -0.511. The van der Waals surface area contributed by atoms with Crippen molar-refractivity contribution >= 4 is 0 Å². The van der Waals surface area contributed by atoms with Crippen LogP contribution in [0.15, 0.2) is 0 Å². The molecule has 0 saturated carbocycles. The Morgan fingerprint density at radius 2 is 1.60 bits per heavy atom. The normalized spacial score (nSPS) is 25.6. The van der Waals surface area contributed by atoms with Crippen LogP contribution in [0.25, 0.3) is 0 Å². The van der Waals surface area contributed by atoms with E-state index in [2.05, 4.69) is 32.6 Å². The summed E-state index contributed by atoms with van der Waals surface area (Å²) in [5.41, 5.74) is -0.474. The van der Waals surface area contributed by atoms with Gasteiger partial charge in [0.25, 0.3) is 0 Å². The first kappa shape index (κ1) is 17.9. The van der Waals surface area contributed by atoms with Gasteiger partial charge in [-0.05, 0) is 61.3 Å². The maximum absolute atomic E-state index is 10.3. The Balaban J connectivity index is 2.68. The number of piperidine rings is 1. The molecule has 0 radical (unpaired) electrons. The molecule has 1 unspecified atom stereocenters. The van der Waals surface area contributed by atoms with Crippen molar-refractivity contribution in [2.24, 2.45) is 0 Å². The van der Waals surface area contributed by atoms with Crippen LogP contribution in [0.1, 0.15) is 61.3 Å². The molecule has 1 fully saturated rings. The third-order valence-electron chi connectivity index (χ3n) is 4.03. The van der Waals surface area contributed by atoms with Gasteiger partial charge in [0.15, 0.2) is 0 Å². The Kier molecular flexibility index (Phi) is 5.29. The molecule has 0 aromatic carbocycles. The summed E-state index contributed by atoms with van der Waals surface area (Å²) in [6.07, 6.45) is 0.703. The van der Waals surface area contributed by atoms with Gasteiger partial charge in [0.1, 0.15) is 0 Å². The van der Waals surface area contributed by atoms with Gasteiger partial charge in [0, 0.05) is 17.6 Å². The number of likely N-dealkylation sites (tertiary alicyclic amines) is 1. The van der Waals surface area contributed by atoms with Crippen molar-refractivity contribution in [1.82, 2.24) is 4.90 Å². The molecular weight excluding hydrogens is 254 g/mol. The topological polar surface area (TPSA) is 52.9 Å². The molecule has 120 valence electrons. The van der Waals surface area contributed by atoms with Crippen molar-refractivity contribution in [2.75, 3.05) is 13.2 Å². The number of hydrogen-bond donors (Lipinski definition) is 2. The minimum absolute atomic E-state index is 0.121. The number of hydrogen-bond acceptors (Lipinski definition) is 4. The van der Waals surface area contributed by atoms with Gasteiger partial charge in [-0.1, -0.05) is 0 Å². The van der Waals surface area contributed by atoms with Gasteiger partial charge < -0.3 is 14.9 Å². The van der Waals surface area contributed by atoms with E-state index >= 15 is 0 Å². The average Bonchev–Trinajstić information content (AvgIpc) is 2.17. The summed E-state index contributed by atoms with van der Waals surface area (Å²) >= 11 is 0. The molecule has 1 aliphatic heterocycles. The second kappa shape index (κ2) is 5.91. The number of aliphatic hydroxyl groups is 2. The monoisotopic (exact) mass is 287 g/mol. The Morgan fingerprint density at radius 1 is 1.15 bits per heavy atom. The standard InChI is InChI=1S/C16H33NO3/c1-14(2,3)20-11-13(19)10-17-15(4,5)8-12(18)9-16(17,6)7/h12-13,18-19H,8-11H2,1-7H3. The van der Waals surface area contributed by atoms with Gasteiger partial charge in [0.2, 0.25) is 0 Å². The molecule has 0 aliphatic carbocycles. The SMILES string of the molecule is CC(C)(C)OCC(O)CN1C(C)(C)CC(O)CC1(C)C. The van der Waals surface area contributed by atoms with Gasteiger partial charge in [-0.15, -0.1) is 0 Å². The number of β-amino-alcohol motifs (C(OH)–C–C–N with tert-alkyl or cyclic N) is 1. The maximum Gasteiger partial charge on any atom is 0.0900 e. The van der Waals surface area contributed by atoms with E-state index in [1.807, 2.05) is 20.8 Å². The van der Waals surface area contributed by atoms with Crippen molar-refractivity contribution in [3.8, 4) is 0 Å². The summed E-state index contributed by atoms with van der Waals surface area (Å²) < 4.78 is 5.66. The number of aliphatic hydroxyl groups excluding tert-OH is 2. The average molecular weight is 287 g/mol. The molecule has 0 aromatic heterocycles. The fourth-order valence-electron chi connectivity index (χ4n) is 3.37. The van der Waals surface area contributed by atoms with E-state index in [9.17, 15) is 10.2 Å². The summed E-state index contributed by atoms with van der Waals surface area (Å²) in [6, 6.07) is 0. The highest BCUT2D eigenvalue weighted by atomic mass is 16.5. The van der Waals surface area contributed by atoms with Crippen LogP contribution in [0, 0.1) is 0 Å². The van der Waals surface area contributed by atoms with Gasteiger partial charge in [-0.3, -0.25) is 4.90 Å². The van der Waals surface area contributed by atoms with Gasteiger partial charge in [0.05, 0.1) is 24.4 Å². The highest BCUT2D eigenvalue weighted by molar-refractivity contribution is 5.00. The molecule has 1 rings (SSSR count). The Morgan fingerprint density at radius 3 is 2.00 bits per heavy atom. The first-order chi connectivity index (χ1) is 8.83. The lowest BCUT2D eigenvalue weighted by Crippen LogP contribution is -2.63. The predicted molar refractivity (Wildman–Crippen MR) is 81.8 cm³/mol. The summed E-state index contributed by atoms with van der Waals surface area (Å²) in [5.74, 6) is 0. The largest absolute Gasteiger partial charge is 0.393 e. The molecule has 4 nitrogen and oxygen atoms in total. The van der Waals surface area contributed by atoms with E-state index in [4.69, 9.17) is 4.74 Å². The molecule has 1 aliphatic rings. The quantitative estimate of drug-likeness (QED) is 0.832. The molecule has 20 heavy (non-hydrogen) atoms. The number of rotatable bonds is 4. The highest BCUT2D eigenvalue weighted by Gasteiger charge is 2.45. The Bertz CT molecular complexity index is 302. The van der Waals surface area contributed by atoms with Crippen molar-refractivity contribution in [3.05, 3.63) is 0 Å². The molecule has 1 heterocycles. The Labute approximate surface area is 124 Å². The van der Waals surface area contributed by atoms with Crippen LogP contribution in [0.5, 0.6) is 0 Å². The lowest BCUT2D eigenvalue weighted by atomic mass is 9.78. The van der Waals surface area contributed by atoms with Gasteiger partial charge in [-0.2, -0.15) is 0 Å². The van der Waals surface area contributed by atoms with Gasteiger partial charge in [-0.25, -0.2) is 0 Å². The summed E-state index contributed by atoms with van der Waals surface area (Å²) in [7, 11) is 0. The minimum Gasteiger partial charge on any atom is -0.393 e. The lowest BCUT2D eigenvalue weighted by molar-refractivity contribution is -0.114. The van der Waals surface area contributed by atoms with Crippen LogP contribution in [-0.4, -0.2) is 57.2 Å². The summed E-state index contributed by atoms with van der Waals surface area (Å²) in [5, 5.41) is 20.3. The smallest absolute Gasteiger partial charge is 0.0900 e. The fourth-order valence-corrected chi connectivity index (χ4v) is 3.37. The molecule has 0 aromatic rings. The summed E-state index contributed by atoms with van der Waals surface area (Å²) in [4.78, 5) is 2.31. The van der Waals surface area contributed by atoms with Crippen LogP contribution < -0.4 is 0 Å². The molecule has 0 spiro atoms. The third-order valence-corrected chi connectivity index (χ3v) is 4.03. The molecule has 1 saturated heterocycles. The van der Waals surface area contributed by atoms with E-state index < -0.39 is 6.10 Å². The van der Waals surface area contributed by atoms with Crippen LogP contribution in [0.2, 0.25) is 0 Å². The second-order valence-corrected chi connectivity index (χ2v) is 8.37. The lowest BCUT2D eigenvalue weighted by Gasteiger charge is -2.55. The van der Waals surface area contributed by atoms with E-state index in [1.54, 1.807) is 0 Å². The molecule has 0 bridgehead atoms. The van der Waals surface area contributed by atoms with Crippen LogP contribution in [-0.2, 0) is 4.74 Å². The molecule has 4 heteroatoms. The van der Waals surface area contributed by atoms with Crippen LogP contribution >= 0.6 is 0 Å². The first-order valence-corrected chi connectivity index (χ1v) is 7.61. The van der Waals surface area contributed by atoms with E-state index in [0.29, 0.717) is 13.2 Å². The molecule has 2 N–H and O–H groups in total. The molecular formula is C16H33NO3. The second-order valence-electron chi connectivity index (χ2n) is 8.37. The summed E-state index contributed by atoms with van der Waals surface area (Å²) in [6.45, 7) is 15.4. The molecule has 1 atom stereocenters. The number of ether oxygens (including phenoxy) is 1. The zero-order valence-corrected chi connectivity index (χ0v) is 14.2. The van der Waals surface area contributed by atoms with E-state index in [-0.39, 0.29) is 22.8 Å². The maximum atomic E-state index is 10.3. The van der Waals surface area contributed by atoms with Crippen LogP contribution in [0.3, 0.4) is 0 Å². The van der Waals surface area contributed by atoms with E-state index in [0.717, 1.165) is 12.8 Å². The number of nitrogens with zero attached hydrogens (tertiary/aromatic N) is 1. The predicted octanol–water partition coefficient (Wildman–Crippen LogP) is 2.18. The zero-order valence-electron chi connectivity index (χ0n) is 14.2.